The van der Waals surface area contributed by atoms with Gasteiger partial charge in [-0.05, 0) is 36.1 Å². The summed E-state index contributed by atoms with van der Waals surface area (Å²) in [5.41, 5.74) is 1.28. The van der Waals surface area contributed by atoms with Crippen molar-refractivity contribution in [3.8, 4) is 11.5 Å². The minimum Gasteiger partial charge on any atom is -0.482 e. The molecule has 0 fully saturated rings. The van der Waals surface area contributed by atoms with Gasteiger partial charge in [0.1, 0.15) is 13.2 Å². The SMILES string of the molecule is Cn1ccc(C(=O)NCCCCNC(=O)c2ccn(C)c(=O)c2OCc2ccccc2)c(OCc2ccccc2)c1=O. The molecule has 2 heterocycles. The number of hydrogen-bond acceptors (Lipinski definition) is 6. The van der Waals surface area contributed by atoms with Gasteiger partial charge in [-0.25, -0.2) is 0 Å². The van der Waals surface area contributed by atoms with Gasteiger partial charge in [0, 0.05) is 39.6 Å². The largest absolute Gasteiger partial charge is 0.482 e. The Balaban J connectivity index is 1.27. The van der Waals surface area contributed by atoms with Gasteiger partial charge in [0.25, 0.3) is 22.9 Å². The van der Waals surface area contributed by atoms with Crippen molar-refractivity contribution in [1.29, 1.82) is 0 Å². The number of rotatable bonds is 13. The number of benzene rings is 2. The van der Waals surface area contributed by atoms with Crippen LogP contribution in [0.15, 0.2) is 94.8 Å². The van der Waals surface area contributed by atoms with E-state index in [0.717, 1.165) is 11.1 Å². The summed E-state index contributed by atoms with van der Waals surface area (Å²) in [5, 5.41) is 5.63. The topological polar surface area (TPSA) is 121 Å². The maximum absolute atomic E-state index is 12.9. The zero-order valence-corrected chi connectivity index (χ0v) is 23.7. The molecule has 10 nitrogen and oxygen atoms in total. The van der Waals surface area contributed by atoms with Gasteiger partial charge in [-0.3, -0.25) is 19.2 Å². The lowest BCUT2D eigenvalue weighted by Crippen LogP contribution is -2.30. The second-order valence-electron chi connectivity index (χ2n) is 9.72. The van der Waals surface area contributed by atoms with E-state index in [1.54, 1.807) is 26.2 Å². The van der Waals surface area contributed by atoms with Gasteiger partial charge in [0.15, 0.2) is 11.5 Å². The molecule has 218 valence electrons. The van der Waals surface area contributed by atoms with Crippen molar-refractivity contribution in [2.24, 2.45) is 14.1 Å². The minimum atomic E-state index is -0.417. The quantitative estimate of drug-likeness (QED) is 0.238. The first-order valence-electron chi connectivity index (χ1n) is 13.6. The molecule has 0 radical (unpaired) electrons. The molecule has 2 amide bonds. The third-order valence-electron chi connectivity index (χ3n) is 6.56. The van der Waals surface area contributed by atoms with Gasteiger partial charge in [0.05, 0.1) is 11.1 Å². The smallest absolute Gasteiger partial charge is 0.293 e. The predicted octanol–water partition coefficient (Wildman–Crippen LogP) is 3.18. The Labute approximate surface area is 243 Å². The van der Waals surface area contributed by atoms with Crippen LogP contribution in [0, 0.1) is 0 Å². The maximum Gasteiger partial charge on any atom is 0.293 e. The van der Waals surface area contributed by atoms with Gasteiger partial charge < -0.3 is 29.2 Å². The average Bonchev–Trinajstić information content (AvgIpc) is 3.01. The first-order valence-corrected chi connectivity index (χ1v) is 13.6. The summed E-state index contributed by atoms with van der Waals surface area (Å²) in [4.78, 5) is 51.1. The summed E-state index contributed by atoms with van der Waals surface area (Å²) in [7, 11) is 3.19. The Kier molecular flexibility index (Phi) is 10.3. The lowest BCUT2D eigenvalue weighted by molar-refractivity contribution is 0.0934. The van der Waals surface area contributed by atoms with Gasteiger partial charge in [-0.15, -0.1) is 0 Å². The Bertz CT molecular complexity index is 1510. The Hall–Kier alpha value is -5.12. The van der Waals surface area contributed by atoms with Crippen molar-refractivity contribution in [2.75, 3.05) is 13.1 Å². The van der Waals surface area contributed by atoms with Crippen molar-refractivity contribution >= 4 is 11.8 Å². The minimum absolute atomic E-state index is 0.00657. The van der Waals surface area contributed by atoms with Gasteiger partial charge >= 0.3 is 0 Å². The van der Waals surface area contributed by atoms with Crippen LogP contribution in [0.5, 0.6) is 11.5 Å². The summed E-state index contributed by atoms with van der Waals surface area (Å²) in [6, 6.07) is 21.9. The number of nitrogens with one attached hydrogen (secondary N) is 2. The van der Waals surface area contributed by atoms with Crippen LogP contribution in [0.2, 0.25) is 0 Å². The molecule has 0 unspecified atom stereocenters. The molecule has 0 spiro atoms. The van der Waals surface area contributed by atoms with E-state index in [9.17, 15) is 19.2 Å². The van der Waals surface area contributed by atoms with E-state index in [4.69, 9.17) is 9.47 Å². The molecule has 2 aromatic carbocycles. The fourth-order valence-corrected chi connectivity index (χ4v) is 4.15. The highest BCUT2D eigenvalue weighted by atomic mass is 16.5. The van der Waals surface area contributed by atoms with Crippen LogP contribution in [0.25, 0.3) is 0 Å². The third-order valence-corrected chi connectivity index (χ3v) is 6.56. The monoisotopic (exact) mass is 570 g/mol. The van der Waals surface area contributed by atoms with Crippen molar-refractivity contribution < 1.29 is 19.1 Å². The van der Waals surface area contributed by atoms with Crippen LogP contribution in [0.1, 0.15) is 44.7 Å². The highest BCUT2D eigenvalue weighted by molar-refractivity contribution is 5.97. The molecule has 0 aliphatic carbocycles. The molecule has 0 saturated heterocycles. The highest BCUT2D eigenvalue weighted by Gasteiger charge is 2.19. The molecule has 0 bridgehead atoms. The van der Waals surface area contributed by atoms with Crippen LogP contribution in [0.3, 0.4) is 0 Å². The number of ether oxygens (including phenoxy) is 2. The van der Waals surface area contributed by atoms with Gasteiger partial charge in [0.2, 0.25) is 0 Å². The van der Waals surface area contributed by atoms with Crippen molar-refractivity contribution in [3.63, 3.8) is 0 Å². The molecule has 2 N–H and O–H groups in total. The lowest BCUT2D eigenvalue weighted by atomic mass is 10.2. The van der Waals surface area contributed by atoms with E-state index in [1.165, 1.54) is 21.5 Å². The lowest BCUT2D eigenvalue weighted by Gasteiger charge is -2.13. The first kappa shape index (κ1) is 29.9. The number of nitrogens with zero attached hydrogens (tertiary/aromatic N) is 2. The number of amides is 2. The maximum atomic E-state index is 12.9. The third kappa shape index (κ3) is 7.75. The van der Waals surface area contributed by atoms with E-state index in [0.29, 0.717) is 25.9 Å². The first-order chi connectivity index (χ1) is 20.3. The Morgan fingerprint density at radius 1 is 0.619 bits per heavy atom. The van der Waals surface area contributed by atoms with E-state index < -0.39 is 22.9 Å². The molecule has 0 saturated carbocycles. The fourth-order valence-electron chi connectivity index (χ4n) is 4.15. The number of carbonyl (C=O) groups excluding carboxylic acids is 2. The van der Waals surface area contributed by atoms with Gasteiger partial charge in [-0.2, -0.15) is 0 Å². The molecule has 0 aliphatic heterocycles. The van der Waals surface area contributed by atoms with Crippen molar-refractivity contribution in [1.82, 2.24) is 19.8 Å². The van der Waals surface area contributed by atoms with Crippen LogP contribution in [-0.2, 0) is 27.3 Å². The summed E-state index contributed by atoms with van der Waals surface area (Å²) in [6.07, 6.45) is 4.20. The molecule has 4 aromatic rings. The summed E-state index contributed by atoms with van der Waals surface area (Å²) in [5.74, 6) is -0.846. The molecule has 10 heteroatoms. The fraction of sp³-hybridized carbons (Fsp3) is 0.250. The second kappa shape index (κ2) is 14.5. The van der Waals surface area contributed by atoms with Crippen molar-refractivity contribution in [2.45, 2.75) is 26.1 Å². The normalized spacial score (nSPS) is 10.6. The standard InChI is InChI=1S/C32H34N4O6/c1-35-19-15-25(27(31(35)39)41-21-23-11-5-3-6-12-23)29(37)33-17-9-10-18-34-30(38)26-16-20-36(2)32(40)28(26)42-22-24-13-7-4-8-14-24/h3-8,11-16,19-20H,9-10,17-18,21-22H2,1-2H3,(H,33,37)(H,34,38). The zero-order chi connectivity index (χ0) is 29.9. The number of aromatic nitrogens is 2. The summed E-state index contributed by atoms with van der Waals surface area (Å²) >= 11 is 0. The molecule has 0 atom stereocenters. The van der Waals surface area contributed by atoms with Crippen molar-refractivity contribution in [3.05, 3.63) is 128 Å². The van der Waals surface area contributed by atoms with E-state index in [1.807, 2.05) is 60.7 Å². The molecule has 2 aromatic heterocycles. The number of carbonyl (C=O) groups is 2. The zero-order valence-electron chi connectivity index (χ0n) is 23.7. The van der Waals surface area contributed by atoms with Crippen LogP contribution >= 0.6 is 0 Å². The molecule has 42 heavy (non-hydrogen) atoms. The molecule has 0 aliphatic rings. The number of unbranched alkanes of at least 4 members (excludes halogenated alkanes) is 1. The highest BCUT2D eigenvalue weighted by Crippen LogP contribution is 2.16. The Morgan fingerprint density at radius 3 is 1.38 bits per heavy atom. The average molecular weight is 571 g/mol. The second-order valence-corrected chi connectivity index (χ2v) is 9.72. The summed E-state index contributed by atoms with van der Waals surface area (Å²) < 4.78 is 14.2. The van der Waals surface area contributed by atoms with E-state index >= 15 is 0 Å². The molecule has 4 rings (SSSR count). The molecular weight excluding hydrogens is 536 g/mol. The van der Waals surface area contributed by atoms with Crippen LogP contribution in [-0.4, -0.2) is 34.0 Å². The van der Waals surface area contributed by atoms with E-state index in [-0.39, 0.29) is 35.8 Å². The van der Waals surface area contributed by atoms with Crippen LogP contribution < -0.4 is 31.2 Å². The summed E-state index contributed by atoms with van der Waals surface area (Å²) in [6.45, 7) is 0.984. The number of pyridine rings is 2. The Morgan fingerprint density at radius 2 is 1.00 bits per heavy atom. The number of hydrogen-bond donors (Lipinski definition) is 2. The van der Waals surface area contributed by atoms with Gasteiger partial charge in [-0.1, -0.05) is 60.7 Å². The molecular formula is C32H34N4O6. The predicted molar refractivity (Wildman–Crippen MR) is 159 cm³/mol. The van der Waals surface area contributed by atoms with E-state index in [2.05, 4.69) is 10.6 Å². The van der Waals surface area contributed by atoms with Crippen LogP contribution in [0.4, 0.5) is 0 Å². The number of aryl methyl sites for hydroxylation is 2.